The molecule has 3 nitrogen and oxygen atoms in total. The van der Waals surface area contributed by atoms with Gasteiger partial charge in [-0.05, 0) is 53.4 Å². The van der Waals surface area contributed by atoms with Crippen molar-refractivity contribution in [3.05, 3.63) is 27.7 Å². The molecule has 0 bridgehead atoms. The van der Waals surface area contributed by atoms with Crippen molar-refractivity contribution in [3.63, 3.8) is 0 Å². The van der Waals surface area contributed by atoms with Crippen LogP contribution in [-0.4, -0.2) is 41.3 Å². The number of nitrogens with zero attached hydrogens (tertiary/aromatic N) is 1. The first kappa shape index (κ1) is 13.7. The zero-order valence-electron chi connectivity index (χ0n) is 10.7. The van der Waals surface area contributed by atoms with E-state index in [1.165, 1.54) is 12.8 Å². The molecule has 1 aliphatic carbocycles. The number of benzene rings is 1. The van der Waals surface area contributed by atoms with Crippen molar-refractivity contribution in [1.82, 2.24) is 4.90 Å². The van der Waals surface area contributed by atoms with Crippen LogP contribution < -0.4 is 5.32 Å². The summed E-state index contributed by atoms with van der Waals surface area (Å²) >= 11 is 9.44. The minimum absolute atomic E-state index is 0.163. The Kier molecular flexibility index (Phi) is 3.78. The Labute approximate surface area is 127 Å². The summed E-state index contributed by atoms with van der Waals surface area (Å²) in [6.07, 6.45) is 3.61. The van der Waals surface area contributed by atoms with E-state index in [1.807, 2.05) is 18.2 Å². The average molecular weight is 346 g/mol. The van der Waals surface area contributed by atoms with E-state index in [1.54, 1.807) is 0 Å². The number of likely N-dealkylation sites (tertiary alicyclic amines) is 1. The molecule has 19 heavy (non-hydrogen) atoms. The summed E-state index contributed by atoms with van der Waals surface area (Å²) in [6.45, 7) is 2.16. The largest absolute Gasteiger partial charge is 0.394 e. The van der Waals surface area contributed by atoms with Crippen molar-refractivity contribution < 1.29 is 5.11 Å². The molecule has 1 heterocycles. The van der Waals surface area contributed by atoms with Gasteiger partial charge in [-0.2, -0.15) is 0 Å². The number of nitrogens with one attached hydrogen (secondary N) is 1. The summed E-state index contributed by atoms with van der Waals surface area (Å²) in [5.74, 6) is 0. The number of rotatable bonds is 4. The molecule has 1 aromatic carbocycles. The number of aliphatic hydroxyl groups excluding tert-OH is 1. The molecule has 0 radical (unpaired) electrons. The van der Waals surface area contributed by atoms with Crippen LogP contribution in [0.1, 0.15) is 19.3 Å². The van der Waals surface area contributed by atoms with Gasteiger partial charge in [0.1, 0.15) is 0 Å². The van der Waals surface area contributed by atoms with Gasteiger partial charge in [0.25, 0.3) is 0 Å². The lowest BCUT2D eigenvalue weighted by molar-refractivity contribution is 0.205. The predicted octanol–water partition coefficient (Wildman–Crippen LogP) is 3.11. The van der Waals surface area contributed by atoms with Gasteiger partial charge in [0.05, 0.1) is 17.2 Å². The molecule has 5 heteroatoms. The third-order valence-corrected chi connectivity index (χ3v) is 5.29. The van der Waals surface area contributed by atoms with E-state index in [0.29, 0.717) is 5.02 Å². The van der Waals surface area contributed by atoms with E-state index in [2.05, 4.69) is 26.1 Å². The van der Waals surface area contributed by atoms with Crippen molar-refractivity contribution in [3.8, 4) is 0 Å². The Hall–Kier alpha value is -0.290. The highest BCUT2D eigenvalue weighted by molar-refractivity contribution is 9.10. The number of anilines is 1. The predicted molar refractivity (Wildman–Crippen MR) is 81.8 cm³/mol. The maximum atomic E-state index is 9.79. The number of hydrogen-bond donors (Lipinski definition) is 2. The fraction of sp³-hybridized carbons (Fsp3) is 0.571. The van der Waals surface area contributed by atoms with Crippen molar-refractivity contribution in [2.75, 3.05) is 25.0 Å². The Bertz CT molecular complexity index is 481. The van der Waals surface area contributed by atoms with Crippen molar-refractivity contribution >= 4 is 33.2 Å². The van der Waals surface area contributed by atoms with E-state index >= 15 is 0 Å². The second-order valence-corrected chi connectivity index (χ2v) is 6.91. The molecule has 1 saturated heterocycles. The van der Waals surface area contributed by atoms with Gasteiger partial charge in [-0.15, -0.1) is 0 Å². The van der Waals surface area contributed by atoms with Gasteiger partial charge in [0.2, 0.25) is 0 Å². The van der Waals surface area contributed by atoms with E-state index in [9.17, 15) is 5.11 Å². The van der Waals surface area contributed by atoms with Crippen LogP contribution in [0.3, 0.4) is 0 Å². The number of hydrogen-bond acceptors (Lipinski definition) is 3. The SMILES string of the molecule is OCC1(Nc2ccc(Cl)c(Br)c2)CCN(C2CC2)C1. The molecular weight excluding hydrogens is 328 g/mol. The van der Waals surface area contributed by atoms with Crippen molar-refractivity contribution in [2.24, 2.45) is 0 Å². The summed E-state index contributed by atoms with van der Waals surface area (Å²) < 4.78 is 0.879. The minimum Gasteiger partial charge on any atom is -0.394 e. The lowest BCUT2D eigenvalue weighted by atomic mass is 9.99. The third kappa shape index (κ3) is 2.92. The van der Waals surface area contributed by atoms with Crippen LogP contribution >= 0.6 is 27.5 Å². The van der Waals surface area contributed by atoms with Gasteiger partial charge in [0.15, 0.2) is 0 Å². The molecule has 0 spiro atoms. The van der Waals surface area contributed by atoms with E-state index in [-0.39, 0.29) is 12.1 Å². The molecule has 0 aromatic heterocycles. The van der Waals surface area contributed by atoms with Gasteiger partial charge in [-0.3, -0.25) is 4.90 Å². The monoisotopic (exact) mass is 344 g/mol. The first-order valence-corrected chi connectivity index (χ1v) is 7.87. The first-order chi connectivity index (χ1) is 9.12. The highest BCUT2D eigenvalue weighted by atomic mass is 79.9. The Balaban J connectivity index is 1.73. The van der Waals surface area contributed by atoms with Crippen LogP contribution in [0.15, 0.2) is 22.7 Å². The van der Waals surface area contributed by atoms with Gasteiger partial charge >= 0.3 is 0 Å². The zero-order valence-corrected chi connectivity index (χ0v) is 13.0. The van der Waals surface area contributed by atoms with Gasteiger partial charge in [-0.1, -0.05) is 11.6 Å². The highest BCUT2D eigenvalue weighted by Gasteiger charge is 2.42. The third-order valence-electron chi connectivity index (χ3n) is 4.08. The number of aliphatic hydroxyl groups is 1. The molecule has 104 valence electrons. The lowest BCUT2D eigenvalue weighted by Crippen LogP contribution is -2.45. The molecule has 1 aromatic rings. The summed E-state index contributed by atoms with van der Waals surface area (Å²) in [5.41, 5.74) is 0.790. The smallest absolute Gasteiger partial charge is 0.0742 e. The molecule has 1 saturated carbocycles. The summed E-state index contributed by atoms with van der Waals surface area (Å²) in [6, 6.07) is 6.56. The first-order valence-electron chi connectivity index (χ1n) is 6.70. The van der Waals surface area contributed by atoms with Gasteiger partial charge in [0, 0.05) is 29.3 Å². The fourth-order valence-corrected chi connectivity index (χ4v) is 3.30. The molecular formula is C14H18BrClN2O. The van der Waals surface area contributed by atoms with E-state index in [4.69, 9.17) is 11.6 Å². The van der Waals surface area contributed by atoms with Gasteiger partial charge in [-0.25, -0.2) is 0 Å². The van der Waals surface area contributed by atoms with Crippen LogP contribution in [-0.2, 0) is 0 Å². The molecule has 1 unspecified atom stereocenters. The van der Waals surface area contributed by atoms with Crippen LogP contribution in [0.2, 0.25) is 5.02 Å². The average Bonchev–Trinajstić information content (AvgIpc) is 3.17. The number of halogens is 2. The molecule has 1 aliphatic heterocycles. The molecule has 1 atom stereocenters. The summed E-state index contributed by atoms with van der Waals surface area (Å²) in [5, 5.41) is 14.0. The van der Waals surface area contributed by atoms with E-state index < -0.39 is 0 Å². The molecule has 2 fully saturated rings. The fourth-order valence-electron chi connectivity index (χ4n) is 2.81. The molecule has 0 amide bonds. The summed E-state index contributed by atoms with van der Waals surface area (Å²) in [4.78, 5) is 2.49. The second-order valence-electron chi connectivity index (χ2n) is 5.64. The molecule has 2 N–H and O–H groups in total. The van der Waals surface area contributed by atoms with E-state index in [0.717, 1.165) is 35.7 Å². The normalized spacial score (nSPS) is 27.7. The van der Waals surface area contributed by atoms with Crippen molar-refractivity contribution in [2.45, 2.75) is 30.8 Å². The molecule has 2 aliphatic rings. The Morgan fingerprint density at radius 2 is 2.26 bits per heavy atom. The minimum atomic E-state index is -0.212. The quantitative estimate of drug-likeness (QED) is 0.880. The van der Waals surface area contributed by atoms with Crippen LogP contribution in [0.5, 0.6) is 0 Å². The topological polar surface area (TPSA) is 35.5 Å². The highest BCUT2D eigenvalue weighted by Crippen LogP contribution is 2.35. The summed E-state index contributed by atoms with van der Waals surface area (Å²) in [7, 11) is 0. The standard InChI is InChI=1S/C14H18BrClN2O/c15-12-7-10(1-4-13(12)16)17-14(9-19)5-6-18(8-14)11-2-3-11/h1,4,7,11,17,19H,2-3,5-6,8-9H2. The maximum absolute atomic E-state index is 9.79. The van der Waals surface area contributed by atoms with Crippen LogP contribution in [0, 0.1) is 0 Å². The lowest BCUT2D eigenvalue weighted by Gasteiger charge is -2.30. The second kappa shape index (κ2) is 5.24. The van der Waals surface area contributed by atoms with Crippen LogP contribution in [0.4, 0.5) is 5.69 Å². The maximum Gasteiger partial charge on any atom is 0.0742 e. The van der Waals surface area contributed by atoms with Gasteiger partial charge < -0.3 is 10.4 Å². The molecule has 3 rings (SSSR count). The Morgan fingerprint density at radius 1 is 1.47 bits per heavy atom. The zero-order chi connectivity index (χ0) is 13.5. The Morgan fingerprint density at radius 3 is 2.89 bits per heavy atom. The van der Waals surface area contributed by atoms with Crippen LogP contribution in [0.25, 0.3) is 0 Å². The van der Waals surface area contributed by atoms with Crippen molar-refractivity contribution in [1.29, 1.82) is 0 Å².